The Bertz CT molecular complexity index is 656. The molecular formula is C13H7N3O. The lowest BCUT2D eigenvalue weighted by molar-refractivity contribution is 0.565. The molecule has 2 aromatic carbocycles. The molecule has 1 heterocycles. The number of carbonyl (C=O) groups excluding carboxylic acids is 1. The van der Waals surface area contributed by atoms with Gasteiger partial charge in [0.15, 0.2) is 0 Å². The molecule has 0 fully saturated rings. The fourth-order valence-electron chi connectivity index (χ4n) is 1.81. The lowest BCUT2D eigenvalue weighted by Gasteiger charge is -2.14. The lowest BCUT2D eigenvalue weighted by atomic mass is 10.0. The van der Waals surface area contributed by atoms with Crippen molar-refractivity contribution in [2.75, 3.05) is 0 Å². The topological polar surface area (TPSA) is 54.1 Å². The van der Waals surface area contributed by atoms with Crippen LogP contribution in [0.25, 0.3) is 11.1 Å². The summed E-state index contributed by atoms with van der Waals surface area (Å²) < 4.78 is 0. The maximum atomic E-state index is 10.3. The number of azo groups is 1. The van der Waals surface area contributed by atoms with Crippen LogP contribution in [0.4, 0.5) is 17.1 Å². The Balaban J connectivity index is 2.17. The SMILES string of the molecule is O=C=Nc1ccc(-c2ccccc2)c2c1N=N2. The number of hydrogen-bond donors (Lipinski definition) is 0. The van der Waals surface area contributed by atoms with Gasteiger partial charge in [0.25, 0.3) is 0 Å². The summed E-state index contributed by atoms with van der Waals surface area (Å²) in [6.07, 6.45) is 1.52. The standard InChI is InChI=1S/C13H7N3O/c17-8-14-11-7-6-10(12-13(11)16-15-12)9-4-2-1-3-5-9/h1-7H. The Morgan fingerprint density at radius 2 is 1.71 bits per heavy atom. The highest BCUT2D eigenvalue weighted by Crippen LogP contribution is 2.50. The van der Waals surface area contributed by atoms with Crippen LogP contribution in [0.2, 0.25) is 0 Å². The van der Waals surface area contributed by atoms with Crippen LogP contribution >= 0.6 is 0 Å². The van der Waals surface area contributed by atoms with Crippen molar-refractivity contribution < 1.29 is 4.79 Å². The van der Waals surface area contributed by atoms with Gasteiger partial charge in [0, 0.05) is 5.56 Å². The zero-order valence-corrected chi connectivity index (χ0v) is 8.79. The third kappa shape index (κ3) is 1.48. The van der Waals surface area contributed by atoms with Gasteiger partial charge in [-0.1, -0.05) is 30.3 Å². The van der Waals surface area contributed by atoms with Gasteiger partial charge in [-0.05, 0) is 17.7 Å². The highest BCUT2D eigenvalue weighted by atomic mass is 16.1. The Hall–Kier alpha value is -2.58. The Labute approximate surface area is 97.4 Å². The molecule has 0 atom stereocenters. The van der Waals surface area contributed by atoms with E-state index in [0.717, 1.165) is 16.8 Å². The molecular weight excluding hydrogens is 214 g/mol. The average molecular weight is 221 g/mol. The van der Waals surface area contributed by atoms with Gasteiger partial charge in [-0.15, -0.1) is 10.2 Å². The fraction of sp³-hybridized carbons (Fsp3) is 0. The third-order valence-electron chi connectivity index (χ3n) is 2.63. The van der Waals surface area contributed by atoms with E-state index in [1.54, 1.807) is 6.07 Å². The minimum Gasteiger partial charge on any atom is -0.211 e. The molecule has 0 saturated carbocycles. The summed E-state index contributed by atoms with van der Waals surface area (Å²) in [6, 6.07) is 13.6. The van der Waals surface area contributed by atoms with E-state index in [1.807, 2.05) is 36.4 Å². The summed E-state index contributed by atoms with van der Waals surface area (Å²) in [5.41, 5.74) is 4.04. The van der Waals surface area contributed by atoms with Crippen LogP contribution in [0.5, 0.6) is 0 Å². The first-order valence-corrected chi connectivity index (χ1v) is 5.12. The van der Waals surface area contributed by atoms with E-state index in [1.165, 1.54) is 6.08 Å². The van der Waals surface area contributed by atoms with Crippen LogP contribution < -0.4 is 0 Å². The molecule has 0 bridgehead atoms. The molecule has 0 aliphatic carbocycles. The van der Waals surface area contributed by atoms with Crippen molar-refractivity contribution in [3.05, 3.63) is 42.5 Å². The van der Waals surface area contributed by atoms with E-state index < -0.39 is 0 Å². The van der Waals surface area contributed by atoms with Gasteiger partial charge in [0.2, 0.25) is 6.08 Å². The number of fused-ring (bicyclic) bond motifs is 1. The van der Waals surface area contributed by atoms with Crippen LogP contribution in [0.15, 0.2) is 57.7 Å². The quantitative estimate of drug-likeness (QED) is 0.475. The molecule has 4 nitrogen and oxygen atoms in total. The van der Waals surface area contributed by atoms with Gasteiger partial charge < -0.3 is 0 Å². The van der Waals surface area contributed by atoms with Gasteiger partial charge in [0.05, 0.1) is 0 Å². The molecule has 0 aromatic heterocycles. The van der Waals surface area contributed by atoms with Crippen molar-refractivity contribution in [1.29, 1.82) is 0 Å². The smallest absolute Gasteiger partial charge is 0.211 e. The average Bonchev–Trinajstić information content (AvgIpc) is 2.33. The minimum atomic E-state index is 0.518. The van der Waals surface area contributed by atoms with E-state index in [9.17, 15) is 4.79 Å². The summed E-state index contributed by atoms with van der Waals surface area (Å²) in [5.74, 6) is 0. The number of benzene rings is 2. The predicted molar refractivity (Wildman–Crippen MR) is 63.8 cm³/mol. The molecule has 2 aromatic rings. The maximum absolute atomic E-state index is 10.3. The summed E-state index contributed by atoms with van der Waals surface area (Å²) >= 11 is 0. The normalized spacial score (nSPS) is 11.3. The monoisotopic (exact) mass is 221 g/mol. The zero-order valence-electron chi connectivity index (χ0n) is 8.79. The number of aliphatic imine (C=N–C) groups is 1. The number of hydrogen-bond acceptors (Lipinski definition) is 4. The summed E-state index contributed by atoms with van der Waals surface area (Å²) in [7, 11) is 0. The fourth-order valence-corrected chi connectivity index (χ4v) is 1.81. The molecule has 3 rings (SSSR count). The molecule has 0 unspecified atom stereocenters. The van der Waals surface area contributed by atoms with Crippen molar-refractivity contribution in [2.24, 2.45) is 15.2 Å². The first-order valence-electron chi connectivity index (χ1n) is 5.12. The van der Waals surface area contributed by atoms with E-state index in [4.69, 9.17) is 0 Å². The van der Waals surface area contributed by atoms with Crippen molar-refractivity contribution in [1.82, 2.24) is 0 Å². The van der Waals surface area contributed by atoms with E-state index in [0.29, 0.717) is 11.4 Å². The van der Waals surface area contributed by atoms with E-state index in [2.05, 4.69) is 15.2 Å². The first kappa shape index (κ1) is 9.63. The molecule has 1 aliphatic heterocycles. The van der Waals surface area contributed by atoms with Gasteiger partial charge in [-0.2, -0.15) is 4.99 Å². The second kappa shape index (κ2) is 3.77. The highest BCUT2D eigenvalue weighted by Gasteiger charge is 2.19. The van der Waals surface area contributed by atoms with Crippen LogP contribution in [0, 0.1) is 0 Å². The molecule has 0 radical (unpaired) electrons. The molecule has 0 N–H and O–H groups in total. The number of rotatable bonds is 2. The van der Waals surface area contributed by atoms with Gasteiger partial charge in [-0.25, -0.2) is 4.79 Å². The van der Waals surface area contributed by atoms with Crippen LogP contribution in [0.1, 0.15) is 0 Å². The Morgan fingerprint density at radius 1 is 0.941 bits per heavy atom. The predicted octanol–water partition coefficient (Wildman–Crippen LogP) is 4.05. The summed E-state index contributed by atoms with van der Waals surface area (Å²) in [4.78, 5) is 13.8. The number of isocyanates is 1. The molecule has 80 valence electrons. The summed E-state index contributed by atoms with van der Waals surface area (Å²) in [6.45, 7) is 0. The summed E-state index contributed by atoms with van der Waals surface area (Å²) in [5, 5.41) is 7.88. The molecule has 1 aliphatic rings. The minimum absolute atomic E-state index is 0.518. The van der Waals surface area contributed by atoms with Crippen LogP contribution in [-0.4, -0.2) is 6.08 Å². The highest BCUT2D eigenvalue weighted by molar-refractivity contribution is 5.92. The van der Waals surface area contributed by atoms with Crippen LogP contribution in [0.3, 0.4) is 0 Å². The second-order valence-electron chi connectivity index (χ2n) is 3.60. The molecule has 0 spiro atoms. The second-order valence-corrected chi connectivity index (χ2v) is 3.60. The van der Waals surface area contributed by atoms with Gasteiger partial charge >= 0.3 is 0 Å². The van der Waals surface area contributed by atoms with Crippen molar-refractivity contribution >= 4 is 23.1 Å². The Morgan fingerprint density at radius 3 is 2.35 bits per heavy atom. The third-order valence-corrected chi connectivity index (χ3v) is 2.63. The number of nitrogens with zero attached hydrogens (tertiary/aromatic N) is 3. The molecule has 17 heavy (non-hydrogen) atoms. The van der Waals surface area contributed by atoms with Crippen molar-refractivity contribution in [2.45, 2.75) is 0 Å². The maximum Gasteiger partial charge on any atom is 0.240 e. The zero-order chi connectivity index (χ0) is 11.7. The van der Waals surface area contributed by atoms with Gasteiger partial charge in [0.1, 0.15) is 17.1 Å². The first-order chi connectivity index (χ1) is 8.40. The largest absolute Gasteiger partial charge is 0.240 e. The van der Waals surface area contributed by atoms with Crippen molar-refractivity contribution in [3.63, 3.8) is 0 Å². The van der Waals surface area contributed by atoms with Crippen LogP contribution in [-0.2, 0) is 4.79 Å². The lowest BCUT2D eigenvalue weighted by Crippen LogP contribution is -1.85. The molecule has 4 heteroatoms. The van der Waals surface area contributed by atoms with E-state index >= 15 is 0 Å². The molecule has 0 amide bonds. The van der Waals surface area contributed by atoms with Gasteiger partial charge in [-0.3, -0.25) is 0 Å². The van der Waals surface area contributed by atoms with E-state index in [-0.39, 0.29) is 0 Å². The van der Waals surface area contributed by atoms with Crippen molar-refractivity contribution in [3.8, 4) is 11.1 Å². The molecule has 0 saturated heterocycles. The Kier molecular flexibility index (Phi) is 2.14.